The third-order valence-corrected chi connectivity index (χ3v) is 5.10. The third kappa shape index (κ3) is 3.58. The summed E-state index contributed by atoms with van der Waals surface area (Å²) in [7, 11) is 0. The number of pyridine rings is 3. The van der Waals surface area contributed by atoms with Crippen molar-refractivity contribution >= 4 is 0 Å². The summed E-state index contributed by atoms with van der Waals surface area (Å²) in [6, 6.07) is 13.6. The second-order valence-corrected chi connectivity index (χ2v) is 7.69. The highest BCUT2D eigenvalue weighted by molar-refractivity contribution is 5.59. The molecule has 0 aromatic carbocycles. The third-order valence-electron chi connectivity index (χ3n) is 5.10. The van der Waals surface area contributed by atoms with Crippen LogP contribution in [0.15, 0.2) is 54.7 Å². The lowest BCUT2D eigenvalue weighted by molar-refractivity contribution is 0.514. The first-order chi connectivity index (χ1) is 14.3. The molecule has 4 heterocycles. The predicted octanol–water partition coefficient (Wildman–Crippen LogP) is 4.95. The van der Waals surface area contributed by atoms with E-state index in [1.807, 2.05) is 62.7 Å². The van der Waals surface area contributed by atoms with Crippen LogP contribution in [0.2, 0.25) is 0 Å². The number of halogens is 2. The van der Waals surface area contributed by atoms with Crippen molar-refractivity contribution in [1.29, 1.82) is 0 Å². The van der Waals surface area contributed by atoms with Crippen LogP contribution < -0.4 is 0 Å². The Bertz CT molecular complexity index is 1230. The summed E-state index contributed by atoms with van der Waals surface area (Å²) in [5.74, 6) is -0.125. The van der Waals surface area contributed by atoms with Crippen LogP contribution in [-0.2, 0) is 5.41 Å². The van der Waals surface area contributed by atoms with Gasteiger partial charge in [0.15, 0.2) is 0 Å². The first kappa shape index (κ1) is 19.8. The Hall–Kier alpha value is -3.48. The minimum absolute atomic E-state index is 0.153. The van der Waals surface area contributed by atoms with E-state index in [-0.39, 0.29) is 5.56 Å². The van der Waals surface area contributed by atoms with Crippen LogP contribution in [0.4, 0.5) is 8.78 Å². The molecule has 0 N–H and O–H groups in total. The summed E-state index contributed by atoms with van der Waals surface area (Å²) >= 11 is 0. The maximum atomic E-state index is 14.2. The van der Waals surface area contributed by atoms with E-state index in [1.165, 1.54) is 6.07 Å². The standard InChI is InChI=1S/C23H21F2N5/c1-14-13-30(15(2)26-14)21-10-6-9-19(28-21)23(3,4)18-8-5-7-17(27-18)16-11-12-20(24)29-22(16)25/h5-13H,1-4H3. The van der Waals surface area contributed by atoms with Crippen LogP contribution in [-0.4, -0.2) is 24.5 Å². The summed E-state index contributed by atoms with van der Waals surface area (Å²) in [5.41, 5.74) is 2.44. The van der Waals surface area contributed by atoms with Gasteiger partial charge in [-0.1, -0.05) is 12.1 Å². The van der Waals surface area contributed by atoms with Gasteiger partial charge >= 0.3 is 0 Å². The molecule has 4 rings (SSSR count). The summed E-state index contributed by atoms with van der Waals surface area (Å²) in [6.45, 7) is 7.89. The van der Waals surface area contributed by atoms with Gasteiger partial charge in [0.05, 0.1) is 28.3 Å². The first-order valence-electron chi connectivity index (χ1n) is 9.56. The molecule has 0 aliphatic carbocycles. The van der Waals surface area contributed by atoms with Crippen LogP contribution >= 0.6 is 0 Å². The molecule has 0 spiro atoms. The molecule has 0 atom stereocenters. The zero-order valence-electron chi connectivity index (χ0n) is 17.2. The summed E-state index contributed by atoms with van der Waals surface area (Å²) in [4.78, 5) is 17.2. The van der Waals surface area contributed by atoms with Gasteiger partial charge in [0.1, 0.15) is 11.6 Å². The Morgan fingerprint density at radius 1 is 0.800 bits per heavy atom. The van der Waals surface area contributed by atoms with Crippen molar-refractivity contribution in [3.05, 3.63) is 89.5 Å². The number of aryl methyl sites for hydroxylation is 2. The minimum atomic E-state index is -0.886. The number of imidazole rings is 1. The van der Waals surface area contributed by atoms with Crippen molar-refractivity contribution in [3.63, 3.8) is 0 Å². The molecule has 0 saturated carbocycles. The van der Waals surface area contributed by atoms with Gasteiger partial charge in [-0.3, -0.25) is 9.55 Å². The van der Waals surface area contributed by atoms with Gasteiger partial charge in [-0.05, 0) is 64.1 Å². The fourth-order valence-electron chi connectivity index (χ4n) is 3.42. The van der Waals surface area contributed by atoms with Crippen LogP contribution in [0.5, 0.6) is 0 Å². The molecular formula is C23H21F2N5. The van der Waals surface area contributed by atoms with E-state index in [4.69, 9.17) is 4.98 Å². The van der Waals surface area contributed by atoms with Gasteiger partial charge in [-0.2, -0.15) is 13.8 Å². The minimum Gasteiger partial charge on any atom is -0.288 e. The Morgan fingerprint density at radius 2 is 1.50 bits per heavy atom. The zero-order chi connectivity index (χ0) is 21.5. The fourth-order valence-corrected chi connectivity index (χ4v) is 3.42. The molecular weight excluding hydrogens is 384 g/mol. The molecule has 0 bridgehead atoms. The lowest BCUT2D eigenvalue weighted by atomic mass is 9.84. The summed E-state index contributed by atoms with van der Waals surface area (Å²) < 4.78 is 29.3. The largest absolute Gasteiger partial charge is 0.288 e. The highest BCUT2D eigenvalue weighted by atomic mass is 19.1. The molecule has 0 amide bonds. The van der Waals surface area contributed by atoms with Gasteiger partial charge in [0.25, 0.3) is 0 Å². The molecule has 5 nitrogen and oxygen atoms in total. The predicted molar refractivity (Wildman–Crippen MR) is 110 cm³/mol. The van der Waals surface area contributed by atoms with E-state index < -0.39 is 17.3 Å². The number of hydrogen-bond donors (Lipinski definition) is 0. The van der Waals surface area contributed by atoms with Crippen molar-refractivity contribution in [2.24, 2.45) is 0 Å². The molecule has 4 aromatic rings. The molecule has 0 unspecified atom stereocenters. The van der Waals surface area contributed by atoms with E-state index in [9.17, 15) is 8.78 Å². The van der Waals surface area contributed by atoms with Gasteiger partial charge in [0, 0.05) is 11.6 Å². The Morgan fingerprint density at radius 3 is 2.17 bits per heavy atom. The second kappa shape index (κ2) is 7.40. The second-order valence-electron chi connectivity index (χ2n) is 7.69. The smallest absolute Gasteiger partial charge is 0.224 e. The Kier molecular flexibility index (Phi) is 4.89. The molecule has 30 heavy (non-hydrogen) atoms. The van der Waals surface area contributed by atoms with E-state index in [1.54, 1.807) is 12.1 Å². The molecule has 0 aliphatic rings. The van der Waals surface area contributed by atoms with Crippen molar-refractivity contribution < 1.29 is 8.78 Å². The van der Waals surface area contributed by atoms with Gasteiger partial charge in [0.2, 0.25) is 11.9 Å². The van der Waals surface area contributed by atoms with Gasteiger partial charge in [-0.15, -0.1) is 0 Å². The number of nitrogens with zero attached hydrogens (tertiary/aromatic N) is 5. The lowest BCUT2D eigenvalue weighted by Crippen LogP contribution is -2.23. The fraction of sp³-hybridized carbons (Fsp3) is 0.217. The molecule has 7 heteroatoms. The maximum Gasteiger partial charge on any atom is 0.224 e. The molecule has 0 fully saturated rings. The van der Waals surface area contributed by atoms with E-state index in [2.05, 4.69) is 15.0 Å². The van der Waals surface area contributed by atoms with Crippen LogP contribution in [0, 0.1) is 25.7 Å². The highest BCUT2D eigenvalue weighted by Crippen LogP contribution is 2.31. The number of hydrogen-bond acceptors (Lipinski definition) is 4. The summed E-state index contributed by atoms with van der Waals surface area (Å²) in [5, 5.41) is 0. The molecule has 4 aromatic heterocycles. The van der Waals surface area contributed by atoms with Crippen molar-refractivity contribution in [2.45, 2.75) is 33.1 Å². The van der Waals surface area contributed by atoms with Crippen LogP contribution in [0.25, 0.3) is 17.1 Å². The average molecular weight is 405 g/mol. The maximum absolute atomic E-state index is 14.2. The normalized spacial score (nSPS) is 11.7. The van der Waals surface area contributed by atoms with Gasteiger partial charge < -0.3 is 0 Å². The Balaban J connectivity index is 1.76. The molecule has 152 valence electrons. The monoisotopic (exact) mass is 405 g/mol. The zero-order valence-corrected chi connectivity index (χ0v) is 17.2. The van der Waals surface area contributed by atoms with Crippen molar-refractivity contribution in [1.82, 2.24) is 24.5 Å². The van der Waals surface area contributed by atoms with Crippen LogP contribution in [0.1, 0.15) is 36.8 Å². The van der Waals surface area contributed by atoms with Crippen LogP contribution in [0.3, 0.4) is 0 Å². The van der Waals surface area contributed by atoms with Gasteiger partial charge in [-0.25, -0.2) is 9.97 Å². The Labute approximate surface area is 173 Å². The van der Waals surface area contributed by atoms with Crippen molar-refractivity contribution in [2.75, 3.05) is 0 Å². The van der Waals surface area contributed by atoms with E-state index >= 15 is 0 Å². The quantitative estimate of drug-likeness (QED) is 0.451. The van der Waals surface area contributed by atoms with Crippen molar-refractivity contribution in [3.8, 4) is 17.1 Å². The highest BCUT2D eigenvalue weighted by Gasteiger charge is 2.27. The molecule has 0 aliphatic heterocycles. The SMILES string of the molecule is Cc1cn(-c2cccc(C(C)(C)c3cccc(-c4ccc(F)nc4F)n3)n2)c(C)n1. The lowest BCUT2D eigenvalue weighted by Gasteiger charge is -2.25. The molecule has 0 saturated heterocycles. The average Bonchev–Trinajstić information content (AvgIpc) is 3.06. The molecule has 0 radical (unpaired) electrons. The number of rotatable bonds is 4. The van der Waals surface area contributed by atoms with E-state index in [0.29, 0.717) is 11.4 Å². The topological polar surface area (TPSA) is 56.5 Å². The first-order valence-corrected chi connectivity index (χ1v) is 9.56. The van der Waals surface area contributed by atoms with E-state index in [0.717, 1.165) is 29.1 Å². The number of aromatic nitrogens is 5. The summed E-state index contributed by atoms with van der Waals surface area (Å²) in [6.07, 6.45) is 1.94.